The minimum atomic E-state index is -3.89. The molecule has 35 heavy (non-hydrogen) atoms. The van der Waals surface area contributed by atoms with Gasteiger partial charge in [0, 0.05) is 0 Å². The van der Waals surface area contributed by atoms with Crippen molar-refractivity contribution in [1.29, 1.82) is 0 Å². The number of carboxylic acids is 1. The van der Waals surface area contributed by atoms with Gasteiger partial charge in [0.25, 0.3) is 0 Å². The summed E-state index contributed by atoms with van der Waals surface area (Å²) in [4.78, 5) is 11.2. The largest absolute Gasteiger partial charge is 0.496 e. The van der Waals surface area contributed by atoms with Crippen LogP contribution in [0.3, 0.4) is 0 Å². The van der Waals surface area contributed by atoms with Crippen molar-refractivity contribution in [3.05, 3.63) is 95.6 Å². The van der Waals surface area contributed by atoms with E-state index in [0.29, 0.717) is 16.2 Å². The number of hydrogen-bond donors (Lipinski definition) is 1. The molecule has 0 aromatic heterocycles. The average Bonchev–Trinajstić information content (AvgIpc) is 2.82. The molecule has 11 heteroatoms. The van der Waals surface area contributed by atoms with Gasteiger partial charge in [-0.3, -0.25) is 13.8 Å². The number of sulfone groups is 1. The fourth-order valence-corrected chi connectivity index (χ4v) is 7.47. The maximum Gasteiger partial charge on any atom is 0.394 e. The third kappa shape index (κ3) is 8.83. The van der Waals surface area contributed by atoms with Crippen molar-refractivity contribution in [2.75, 3.05) is 12.9 Å². The van der Waals surface area contributed by atoms with Crippen molar-refractivity contribution in [3.63, 3.8) is 0 Å². The zero-order valence-electron chi connectivity index (χ0n) is 18.9. The van der Waals surface area contributed by atoms with Gasteiger partial charge in [0.05, 0.1) is 31.0 Å². The lowest BCUT2D eigenvalue weighted by Gasteiger charge is -2.19. The Labute approximate surface area is 208 Å². The molecule has 1 N–H and O–H groups in total. The molecule has 186 valence electrons. The molecule has 0 radical (unpaired) electrons. The van der Waals surface area contributed by atoms with Gasteiger partial charge in [-0.05, 0) is 40.2 Å². The van der Waals surface area contributed by atoms with Crippen LogP contribution in [0, 0.1) is 0 Å². The second-order valence-corrected chi connectivity index (χ2v) is 13.5. The van der Waals surface area contributed by atoms with Crippen molar-refractivity contribution in [3.8, 4) is 5.75 Å². The number of aliphatic carboxylic acids is 1. The monoisotopic (exact) mass is 536 g/mol. The Morgan fingerprint density at radius 3 is 1.91 bits per heavy atom. The van der Waals surface area contributed by atoms with Crippen LogP contribution in [-0.2, 0) is 47.2 Å². The molecule has 8 nitrogen and oxygen atoms in total. The normalized spacial score (nSPS) is 11.8. The van der Waals surface area contributed by atoms with Crippen LogP contribution in [0.25, 0.3) is 0 Å². The fourth-order valence-electron chi connectivity index (χ4n) is 3.04. The van der Waals surface area contributed by atoms with E-state index in [2.05, 4.69) is 0 Å². The van der Waals surface area contributed by atoms with Gasteiger partial charge >= 0.3 is 12.8 Å². The summed E-state index contributed by atoms with van der Waals surface area (Å²) in [5, 5.41) is 8.85. The van der Waals surface area contributed by atoms with Gasteiger partial charge in [-0.25, -0.2) is 13.0 Å². The van der Waals surface area contributed by atoms with Gasteiger partial charge in [-0.15, -0.1) is 0 Å². The Morgan fingerprint density at radius 1 is 0.886 bits per heavy atom. The predicted octanol–water partition coefficient (Wildman–Crippen LogP) is 5.33. The molecule has 0 unspecified atom stereocenters. The minimum Gasteiger partial charge on any atom is -0.496 e. The van der Waals surface area contributed by atoms with Crippen LogP contribution >= 0.6 is 18.2 Å². The molecule has 0 fully saturated rings. The minimum absolute atomic E-state index is 0.0366. The Morgan fingerprint density at radius 2 is 1.43 bits per heavy atom. The maximum atomic E-state index is 13.8. The van der Waals surface area contributed by atoms with E-state index in [1.54, 1.807) is 0 Å². The molecule has 0 amide bonds. The Balaban J connectivity index is 1.86. The number of ether oxygens (including phenoxy) is 1. The van der Waals surface area contributed by atoms with Crippen LogP contribution in [0.15, 0.2) is 83.8 Å². The molecule has 0 heterocycles. The Kier molecular flexibility index (Phi) is 9.54. The molecule has 0 aliphatic heterocycles. The summed E-state index contributed by atoms with van der Waals surface area (Å²) >= 11 is 0.810. The molecule has 0 atom stereocenters. The molecule has 3 aromatic carbocycles. The SMILES string of the molecule is COc1ccc(CS(=O)(=O)CC(=O)O)cc1SP(=O)(OCc1ccccc1)OCc1ccccc1. The highest BCUT2D eigenvalue weighted by Crippen LogP contribution is 2.65. The number of hydrogen-bond acceptors (Lipinski definition) is 8. The highest BCUT2D eigenvalue weighted by atomic mass is 32.7. The number of methoxy groups -OCH3 is 1. The number of carbonyl (C=O) groups is 1. The van der Waals surface area contributed by atoms with Crippen molar-refractivity contribution in [2.24, 2.45) is 0 Å². The maximum absolute atomic E-state index is 13.8. The molecule has 0 aliphatic rings. The van der Waals surface area contributed by atoms with E-state index >= 15 is 0 Å². The Hall–Kier alpha value is -2.62. The number of carboxylic acid groups (broad SMARTS) is 1. The van der Waals surface area contributed by atoms with Gasteiger partial charge in [0.15, 0.2) is 9.84 Å². The molecule has 3 rings (SSSR count). The molecule has 0 aliphatic carbocycles. The molecule has 0 saturated heterocycles. The van der Waals surface area contributed by atoms with E-state index in [0.717, 1.165) is 22.5 Å². The van der Waals surface area contributed by atoms with Crippen molar-refractivity contribution in [2.45, 2.75) is 23.9 Å². The zero-order chi connectivity index (χ0) is 25.3. The molecular formula is C24H25O8PS2. The highest BCUT2D eigenvalue weighted by Gasteiger charge is 2.29. The summed E-state index contributed by atoms with van der Waals surface area (Å²) in [6.07, 6.45) is 0. The predicted molar refractivity (Wildman–Crippen MR) is 134 cm³/mol. The van der Waals surface area contributed by atoms with Gasteiger partial charge < -0.3 is 9.84 Å². The van der Waals surface area contributed by atoms with Crippen LogP contribution < -0.4 is 4.74 Å². The van der Waals surface area contributed by atoms with Crippen LogP contribution in [0.5, 0.6) is 5.75 Å². The Bertz CT molecular complexity index is 1230. The number of benzene rings is 3. The van der Waals surface area contributed by atoms with Crippen LogP contribution in [0.2, 0.25) is 0 Å². The quantitative estimate of drug-likeness (QED) is 0.289. The average molecular weight is 537 g/mol. The fraction of sp³-hybridized carbons (Fsp3) is 0.208. The van der Waals surface area contributed by atoms with E-state index in [1.165, 1.54) is 25.3 Å². The molecule has 3 aromatic rings. The van der Waals surface area contributed by atoms with Gasteiger partial charge in [0.1, 0.15) is 11.5 Å². The first kappa shape index (κ1) is 27.0. The van der Waals surface area contributed by atoms with Crippen LogP contribution in [-0.4, -0.2) is 32.4 Å². The summed E-state index contributed by atoms with van der Waals surface area (Å²) in [6.45, 7) is -3.74. The van der Waals surface area contributed by atoms with E-state index in [1.807, 2.05) is 60.7 Å². The topological polar surface area (TPSA) is 116 Å². The van der Waals surface area contributed by atoms with E-state index in [9.17, 15) is 17.8 Å². The number of rotatable bonds is 13. The van der Waals surface area contributed by atoms with E-state index in [-0.39, 0.29) is 13.2 Å². The van der Waals surface area contributed by atoms with E-state index < -0.39 is 34.1 Å². The summed E-state index contributed by atoms with van der Waals surface area (Å²) in [7, 11) is -2.46. The van der Waals surface area contributed by atoms with Crippen molar-refractivity contribution < 1.29 is 36.7 Å². The van der Waals surface area contributed by atoms with Crippen LogP contribution in [0.1, 0.15) is 16.7 Å². The second kappa shape index (κ2) is 12.4. The second-order valence-electron chi connectivity index (χ2n) is 7.47. The molecule has 0 spiro atoms. The van der Waals surface area contributed by atoms with Crippen LogP contribution in [0.4, 0.5) is 0 Å². The standard InChI is InChI=1S/C24H25O8PS2/c1-30-22-13-12-21(17-35(28,29)18-24(25)26)14-23(22)34-33(27,31-15-19-8-4-2-5-9-19)32-16-20-10-6-3-7-11-20/h2-14H,15-18H2,1H3,(H,25,26). The first-order valence-corrected chi connectivity index (χ1v) is 15.2. The van der Waals surface area contributed by atoms with Gasteiger partial charge in [-0.2, -0.15) is 0 Å². The smallest absolute Gasteiger partial charge is 0.394 e. The first-order valence-electron chi connectivity index (χ1n) is 10.4. The van der Waals surface area contributed by atoms with Crippen molar-refractivity contribution in [1.82, 2.24) is 0 Å². The molecular weight excluding hydrogens is 511 g/mol. The summed E-state index contributed by atoms with van der Waals surface area (Å²) in [5.74, 6) is -2.56. The van der Waals surface area contributed by atoms with Gasteiger partial charge in [-0.1, -0.05) is 66.7 Å². The molecule has 0 saturated carbocycles. The van der Waals surface area contributed by atoms with E-state index in [4.69, 9.17) is 18.9 Å². The highest BCUT2D eigenvalue weighted by molar-refractivity contribution is 8.55. The third-order valence-corrected chi connectivity index (χ3v) is 9.62. The lowest BCUT2D eigenvalue weighted by Crippen LogP contribution is -2.17. The lowest BCUT2D eigenvalue weighted by atomic mass is 10.2. The summed E-state index contributed by atoms with van der Waals surface area (Å²) < 4.78 is 55.0. The van der Waals surface area contributed by atoms with Gasteiger partial charge in [0.2, 0.25) is 0 Å². The lowest BCUT2D eigenvalue weighted by molar-refractivity contribution is -0.134. The third-order valence-electron chi connectivity index (χ3n) is 4.63. The van der Waals surface area contributed by atoms with Crippen molar-refractivity contribution >= 4 is 34.0 Å². The molecule has 0 bridgehead atoms. The summed E-state index contributed by atoms with van der Waals surface area (Å²) in [5.41, 5.74) is 1.93. The first-order chi connectivity index (χ1) is 16.7. The summed E-state index contributed by atoms with van der Waals surface area (Å²) in [6, 6.07) is 23.0. The zero-order valence-corrected chi connectivity index (χ0v) is 21.4.